The van der Waals surface area contributed by atoms with Crippen LogP contribution in [0, 0.1) is 5.92 Å². The zero-order chi connectivity index (χ0) is 9.52. The van der Waals surface area contributed by atoms with Gasteiger partial charge in [0.15, 0.2) is 0 Å². The lowest BCUT2D eigenvalue weighted by molar-refractivity contribution is 0.114. The molecule has 13 heavy (non-hydrogen) atoms. The number of rotatable bonds is 6. The predicted molar refractivity (Wildman–Crippen MR) is 50.3 cm³/mol. The lowest BCUT2D eigenvalue weighted by Crippen LogP contribution is -2.08. The molecule has 0 N–H and O–H groups in total. The quantitative estimate of drug-likeness (QED) is 0.625. The van der Waals surface area contributed by atoms with Gasteiger partial charge in [0.2, 0.25) is 0 Å². The van der Waals surface area contributed by atoms with Crippen LogP contribution in [0.5, 0.6) is 0 Å². The van der Waals surface area contributed by atoms with Crippen molar-refractivity contribution in [1.29, 1.82) is 0 Å². The summed E-state index contributed by atoms with van der Waals surface area (Å²) < 4.78 is 7.20. The van der Waals surface area contributed by atoms with Gasteiger partial charge in [-0.05, 0) is 12.3 Å². The Morgan fingerprint density at radius 1 is 1.38 bits per heavy atom. The molecule has 0 bridgehead atoms. The summed E-state index contributed by atoms with van der Waals surface area (Å²) in [6.45, 7) is 6.74. The molecule has 0 saturated heterocycles. The van der Waals surface area contributed by atoms with Gasteiger partial charge in [0, 0.05) is 6.61 Å². The Hall–Kier alpha value is -0.900. The molecule has 0 fully saturated rings. The maximum Gasteiger partial charge on any atom is 0.137 e. The third-order valence-electron chi connectivity index (χ3n) is 1.77. The van der Waals surface area contributed by atoms with E-state index in [-0.39, 0.29) is 0 Å². The molecule has 0 atom stereocenters. The second-order valence-corrected chi connectivity index (χ2v) is 3.45. The molecule has 0 aliphatic carbocycles. The van der Waals surface area contributed by atoms with Crippen LogP contribution in [-0.4, -0.2) is 28.0 Å². The number of nitrogens with zero attached hydrogens (tertiary/aromatic N) is 3. The van der Waals surface area contributed by atoms with Gasteiger partial charge in [0.25, 0.3) is 0 Å². The van der Waals surface area contributed by atoms with E-state index in [1.54, 1.807) is 11.0 Å². The van der Waals surface area contributed by atoms with Crippen LogP contribution in [0.1, 0.15) is 20.3 Å². The van der Waals surface area contributed by atoms with E-state index in [2.05, 4.69) is 23.9 Å². The van der Waals surface area contributed by atoms with Crippen LogP contribution in [0.15, 0.2) is 12.7 Å². The van der Waals surface area contributed by atoms with E-state index in [0.29, 0.717) is 5.92 Å². The van der Waals surface area contributed by atoms with Gasteiger partial charge in [-0.15, -0.1) is 0 Å². The SMILES string of the molecule is CC(C)CCOCCn1cncn1. The van der Waals surface area contributed by atoms with Gasteiger partial charge in [-0.1, -0.05) is 13.8 Å². The fourth-order valence-corrected chi connectivity index (χ4v) is 0.927. The lowest BCUT2D eigenvalue weighted by atomic mass is 10.1. The number of ether oxygens (including phenoxy) is 1. The van der Waals surface area contributed by atoms with E-state index < -0.39 is 0 Å². The molecule has 1 heterocycles. The zero-order valence-corrected chi connectivity index (χ0v) is 8.31. The van der Waals surface area contributed by atoms with Crippen molar-refractivity contribution in [3.8, 4) is 0 Å². The van der Waals surface area contributed by atoms with E-state index in [4.69, 9.17) is 4.74 Å². The monoisotopic (exact) mass is 183 g/mol. The predicted octanol–water partition coefficient (Wildman–Crippen LogP) is 1.34. The smallest absolute Gasteiger partial charge is 0.137 e. The zero-order valence-electron chi connectivity index (χ0n) is 8.31. The first-order valence-electron chi connectivity index (χ1n) is 4.69. The van der Waals surface area contributed by atoms with Crippen LogP contribution >= 0.6 is 0 Å². The first-order valence-corrected chi connectivity index (χ1v) is 4.69. The molecule has 0 aromatic carbocycles. The lowest BCUT2D eigenvalue weighted by Gasteiger charge is -2.05. The third kappa shape index (κ3) is 4.62. The number of hydrogen-bond acceptors (Lipinski definition) is 3. The average molecular weight is 183 g/mol. The average Bonchev–Trinajstić information content (AvgIpc) is 2.55. The normalized spacial score (nSPS) is 11.0. The van der Waals surface area contributed by atoms with Crippen LogP contribution in [0.25, 0.3) is 0 Å². The Balaban J connectivity index is 1.96. The fourth-order valence-electron chi connectivity index (χ4n) is 0.927. The summed E-state index contributed by atoms with van der Waals surface area (Å²) in [4.78, 5) is 3.85. The molecule has 1 rings (SSSR count). The van der Waals surface area contributed by atoms with Gasteiger partial charge in [0.05, 0.1) is 13.2 Å². The summed E-state index contributed by atoms with van der Waals surface area (Å²) in [6.07, 6.45) is 4.36. The molecule has 0 unspecified atom stereocenters. The maximum atomic E-state index is 5.43. The van der Waals surface area contributed by atoms with Crippen molar-refractivity contribution in [3.63, 3.8) is 0 Å². The molecule has 1 aromatic rings. The van der Waals surface area contributed by atoms with Crippen LogP contribution in [0.3, 0.4) is 0 Å². The van der Waals surface area contributed by atoms with E-state index in [1.165, 1.54) is 6.33 Å². The molecule has 4 heteroatoms. The highest BCUT2D eigenvalue weighted by Gasteiger charge is 1.94. The molecule has 0 saturated carbocycles. The van der Waals surface area contributed by atoms with Crippen molar-refractivity contribution in [3.05, 3.63) is 12.7 Å². The summed E-state index contributed by atoms with van der Waals surface area (Å²) in [7, 11) is 0. The summed E-state index contributed by atoms with van der Waals surface area (Å²) in [5, 5.41) is 3.97. The van der Waals surface area contributed by atoms with Crippen LogP contribution in [0.2, 0.25) is 0 Å². The van der Waals surface area contributed by atoms with Gasteiger partial charge >= 0.3 is 0 Å². The highest BCUT2D eigenvalue weighted by atomic mass is 16.5. The minimum Gasteiger partial charge on any atom is -0.380 e. The summed E-state index contributed by atoms with van der Waals surface area (Å²) in [5.41, 5.74) is 0. The Morgan fingerprint density at radius 3 is 2.85 bits per heavy atom. The van der Waals surface area contributed by atoms with Crippen molar-refractivity contribution in [1.82, 2.24) is 14.8 Å². The first kappa shape index (κ1) is 10.2. The van der Waals surface area contributed by atoms with Crippen molar-refractivity contribution in [2.24, 2.45) is 5.92 Å². The van der Waals surface area contributed by atoms with E-state index in [1.807, 2.05) is 0 Å². The Bertz CT molecular complexity index is 209. The largest absolute Gasteiger partial charge is 0.380 e. The van der Waals surface area contributed by atoms with Crippen molar-refractivity contribution < 1.29 is 4.74 Å². The van der Waals surface area contributed by atoms with Gasteiger partial charge in [-0.2, -0.15) is 5.10 Å². The molecule has 4 nitrogen and oxygen atoms in total. The molecule has 1 aromatic heterocycles. The van der Waals surface area contributed by atoms with Crippen molar-refractivity contribution >= 4 is 0 Å². The summed E-state index contributed by atoms with van der Waals surface area (Å²) in [5.74, 6) is 0.714. The van der Waals surface area contributed by atoms with Gasteiger partial charge in [-0.3, -0.25) is 4.68 Å². The molecular formula is C9H17N3O. The standard InChI is InChI=1S/C9H17N3O/c1-9(2)3-5-13-6-4-12-8-10-7-11-12/h7-9H,3-6H2,1-2H3. The molecule has 74 valence electrons. The number of hydrogen-bond donors (Lipinski definition) is 0. The third-order valence-corrected chi connectivity index (χ3v) is 1.77. The van der Waals surface area contributed by atoms with Crippen LogP contribution < -0.4 is 0 Å². The van der Waals surface area contributed by atoms with Crippen LogP contribution in [0.4, 0.5) is 0 Å². The van der Waals surface area contributed by atoms with Gasteiger partial charge < -0.3 is 4.74 Å². The molecule has 0 aliphatic heterocycles. The minimum absolute atomic E-state index is 0.714. The first-order chi connectivity index (χ1) is 6.29. The summed E-state index contributed by atoms with van der Waals surface area (Å²) >= 11 is 0. The second-order valence-electron chi connectivity index (χ2n) is 3.45. The van der Waals surface area contributed by atoms with E-state index in [9.17, 15) is 0 Å². The molecule has 0 spiro atoms. The fraction of sp³-hybridized carbons (Fsp3) is 0.778. The van der Waals surface area contributed by atoms with E-state index in [0.717, 1.165) is 26.2 Å². The molecule has 0 amide bonds. The van der Waals surface area contributed by atoms with Gasteiger partial charge in [-0.25, -0.2) is 4.98 Å². The topological polar surface area (TPSA) is 39.9 Å². The Labute approximate surface area is 78.9 Å². The second kappa shape index (κ2) is 5.70. The summed E-state index contributed by atoms with van der Waals surface area (Å²) in [6, 6.07) is 0. The Morgan fingerprint density at radius 2 is 2.23 bits per heavy atom. The van der Waals surface area contributed by atoms with Gasteiger partial charge in [0.1, 0.15) is 12.7 Å². The molecule has 0 radical (unpaired) electrons. The highest BCUT2D eigenvalue weighted by molar-refractivity contribution is 4.55. The number of aromatic nitrogens is 3. The van der Waals surface area contributed by atoms with Crippen LogP contribution in [-0.2, 0) is 11.3 Å². The highest BCUT2D eigenvalue weighted by Crippen LogP contribution is 1.98. The maximum absolute atomic E-state index is 5.43. The minimum atomic E-state index is 0.714. The van der Waals surface area contributed by atoms with Crippen molar-refractivity contribution in [2.45, 2.75) is 26.8 Å². The molecular weight excluding hydrogens is 166 g/mol. The Kier molecular flexibility index (Phi) is 4.46. The van der Waals surface area contributed by atoms with E-state index >= 15 is 0 Å². The molecule has 0 aliphatic rings. The van der Waals surface area contributed by atoms with Crippen molar-refractivity contribution in [2.75, 3.05) is 13.2 Å².